The van der Waals surface area contributed by atoms with Crippen LogP contribution in [0.25, 0.3) is 23.1 Å². The molecule has 0 spiro atoms. The lowest BCUT2D eigenvalue weighted by Crippen LogP contribution is -1.95. The van der Waals surface area contributed by atoms with E-state index < -0.39 is 0 Å². The molecule has 7 heteroatoms. The largest absolute Gasteiger partial charge is 0.332 e. The molecule has 0 N–H and O–H groups in total. The van der Waals surface area contributed by atoms with Crippen molar-refractivity contribution in [1.82, 2.24) is 29.9 Å². The van der Waals surface area contributed by atoms with Gasteiger partial charge in [-0.2, -0.15) is 10.1 Å². The standard InChI is InChI=1S/C13H14N6O/c1-8(2)9-6-11(19(3)17-9)13-16-12(18-20-13)10-7-14-4-5-15-10/h4-8H,1-3H3. The Hall–Kier alpha value is -2.57. The number of hydrogen-bond acceptors (Lipinski definition) is 6. The highest BCUT2D eigenvalue weighted by atomic mass is 16.5. The van der Waals surface area contributed by atoms with Crippen molar-refractivity contribution < 1.29 is 4.52 Å². The quantitative estimate of drug-likeness (QED) is 0.724. The van der Waals surface area contributed by atoms with E-state index in [2.05, 4.69) is 39.1 Å². The van der Waals surface area contributed by atoms with Gasteiger partial charge in [0.1, 0.15) is 11.4 Å². The minimum Gasteiger partial charge on any atom is -0.332 e. The van der Waals surface area contributed by atoms with E-state index >= 15 is 0 Å². The molecule has 0 radical (unpaired) electrons. The maximum atomic E-state index is 5.29. The second-order valence-corrected chi connectivity index (χ2v) is 4.75. The van der Waals surface area contributed by atoms with E-state index in [1.807, 2.05) is 13.1 Å². The second-order valence-electron chi connectivity index (χ2n) is 4.75. The molecule has 0 aliphatic carbocycles. The van der Waals surface area contributed by atoms with Crippen LogP contribution in [0.4, 0.5) is 0 Å². The molecule has 0 aliphatic rings. The van der Waals surface area contributed by atoms with E-state index in [-0.39, 0.29) is 0 Å². The van der Waals surface area contributed by atoms with Crippen LogP contribution in [0, 0.1) is 0 Å². The van der Waals surface area contributed by atoms with E-state index in [4.69, 9.17) is 4.52 Å². The first-order valence-corrected chi connectivity index (χ1v) is 6.29. The maximum absolute atomic E-state index is 5.29. The van der Waals surface area contributed by atoms with Gasteiger partial charge in [-0.1, -0.05) is 19.0 Å². The minimum absolute atomic E-state index is 0.345. The summed E-state index contributed by atoms with van der Waals surface area (Å²) in [6.07, 6.45) is 4.78. The van der Waals surface area contributed by atoms with Crippen LogP contribution in [-0.2, 0) is 7.05 Å². The molecule has 0 bridgehead atoms. The highest BCUT2D eigenvalue weighted by molar-refractivity contribution is 5.54. The molecule has 0 unspecified atom stereocenters. The minimum atomic E-state index is 0.345. The van der Waals surface area contributed by atoms with Gasteiger partial charge in [0.2, 0.25) is 5.82 Å². The van der Waals surface area contributed by atoms with Crippen molar-refractivity contribution in [3.8, 4) is 23.1 Å². The molecule has 0 fully saturated rings. The topological polar surface area (TPSA) is 82.5 Å². The first-order chi connectivity index (χ1) is 9.65. The molecule has 0 aliphatic heterocycles. The Morgan fingerprint density at radius 2 is 2.10 bits per heavy atom. The summed E-state index contributed by atoms with van der Waals surface area (Å²) in [7, 11) is 1.85. The third-order valence-corrected chi connectivity index (χ3v) is 2.93. The van der Waals surface area contributed by atoms with Gasteiger partial charge in [0.25, 0.3) is 5.89 Å². The molecule has 0 saturated carbocycles. The third kappa shape index (κ3) is 2.18. The second kappa shape index (κ2) is 4.84. The molecule has 0 saturated heterocycles. The Morgan fingerprint density at radius 1 is 1.25 bits per heavy atom. The van der Waals surface area contributed by atoms with Gasteiger partial charge in [-0.15, -0.1) is 0 Å². The van der Waals surface area contributed by atoms with Crippen LogP contribution in [-0.4, -0.2) is 29.9 Å². The zero-order valence-electron chi connectivity index (χ0n) is 11.5. The van der Waals surface area contributed by atoms with Gasteiger partial charge in [-0.05, 0) is 12.0 Å². The van der Waals surface area contributed by atoms with Gasteiger partial charge >= 0.3 is 0 Å². The van der Waals surface area contributed by atoms with Gasteiger partial charge in [-0.3, -0.25) is 9.67 Å². The number of aryl methyl sites for hydroxylation is 1. The molecule has 102 valence electrons. The number of aromatic nitrogens is 6. The molecule has 20 heavy (non-hydrogen) atoms. The van der Waals surface area contributed by atoms with Gasteiger partial charge in [0.05, 0.1) is 11.9 Å². The van der Waals surface area contributed by atoms with Crippen molar-refractivity contribution in [3.05, 3.63) is 30.4 Å². The van der Waals surface area contributed by atoms with Crippen LogP contribution in [0.1, 0.15) is 25.5 Å². The van der Waals surface area contributed by atoms with Crippen LogP contribution in [0.15, 0.2) is 29.2 Å². The molecule has 3 aromatic rings. The molecule has 3 heterocycles. The van der Waals surface area contributed by atoms with E-state index in [9.17, 15) is 0 Å². The van der Waals surface area contributed by atoms with Crippen molar-refractivity contribution in [2.75, 3.05) is 0 Å². The SMILES string of the molecule is CC(C)c1cc(-c2nc(-c3cnccn3)no2)n(C)n1. The van der Waals surface area contributed by atoms with Gasteiger partial charge in [-0.25, -0.2) is 4.98 Å². The average Bonchev–Trinajstić information content (AvgIpc) is 3.06. The van der Waals surface area contributed by atoms with Crippen LogP contribution in [0.2, 0.25) is 0 Å². The lowest BCUT2D eigenvalue weighted by Gasteiger charge is -1.95. The Morgan fingerprint density at radius 3 is 2.75 bits per heavy atom. The summed E-state index contributed by atoms with van der Waals surface area (Å²) < 4.78 is 7.03. The van der Waals surface area contributed by atoms with Crippen molar-refractivity contribution in [2.45, 2.75) is 19.8 Å². The summed E-state index contributed by atoms with van der Waals surface area (Å²) in [5, 5.41) is 8.36. The molecular formula is C13H14N6O. The lowest BCUT2D eigenvalue weighted by molar-refractivity contribution is 0.428. The molecule has 3 aromatic heterocycles. The molecular weight excluding hydrogens is 256 g/mol. The monoisotopic (exact) mass is 270 g/mol. The molecule has 0 amide bonds. The summed E-state index contributed by atoms with van der Waals surface area (Å²) in [6, 6.07) is 1.96. The Bertz CT molecular complexity index is 716. The first kappa shape index (κ1) is 12.5. The van der Waals surface area contributed by atoms with Gasteiger partial charge < -0.3 is 4.52 Å². The Balaban J connectivity index is 1.98. The van der Waals surface area contributed by atoms with Crippen molar-refractivity contribution in [2.24, 2.45) is 7.05 Å². The summed E-state index contributed by atoms with van der Waals surface area (Å²) in [5.41, 5.74) is 2.35. The smallest absolute Gasteiger partial charge is 0.276 e. The van der Waals surface area contributed by atoms with Gasteiger partial charge in [0, 0.05) is 19.4 Å². The normalized spacial score (nSPS) is 11.2. The van der Waals surface area contributed by atoms with E-state index in [1.54, 1.807) is 23.3 Å². The van der Waals surface area contributed by atoms with Crippen molar-refractivity contribution in [3.63, 3.8) is 0 Å². The third-order valence-electron chi connectivity index (χ3n) is 2.93. The summed E-state index contributed by atoms with van der Waals surface area (Å²) in [4.78, 5) is 12.5. The zero-order chi connectivity index (χ0) is 14.1. The zero-order valence-corrected chi connectivity index (χ0v) is 11.5. The van der Waals surface area contributed by atoms with Crippen LogP contribution < -0.4 is 0 Å². The highest BCUT2D eigenvalue weighted by Gasteiger charge is 2.17. The van der Waals surface area contributed by atoms with Crippen LogP contribution in [0.3, 0.4) is 0 Å². The molecule has 7 nitrogen and oxygen atoms in total. The lowest BCUT2D eigenvalue weighted by atomic mass is 10.1. The fourth-order valence-electron chi connectivity index (χ4n) is 1.82. The Kier molecular flexibility index (Phi) is 3.02. The highest BCUT2D eigenvalue weighted by Crippen LogP contribution is 2.23. The summed E-state index contributed by atoms with van der Waals surface area (Å²) in [6.45, 7) is 4.18. The Labute approximate surface area is 115 Å². The molecule has 0 aromatic carbocycles. The van der Waals surface area contributed by atoms with E-state index in [0.717, 1.165) is 11.4 Å². The molecule has 0 atom stereocenters. The van der Waals surface area contributed by atoms with Crippen LogP contribution in [0.5, 0.6) is 0 Å². The number of nitrogens with zero attached hydrogens (tertiary/aromatic N) is 6. The van der Waals surface area contributed by atoms with Crippen molar-refractivity contribution >= 4 is 0 Å². The fourth-order valence-corrected chi connectivity index (χ4v) is 1.82. The maximum Gasteiger partial charge on any atom is 0.276 e. The fraction of sp³-hybridized carbons (Fsp3) is 0.308. The number of rotatable bonds is 3. The average molecular weight is 270 g/mol. The van der Waals surface area contributed by atoms with E-state index in [0.29, 0.717) is 23.3 Å². The van der Waals surface area contributed by atoms with E-state index in [1.165, 1.54) is 0 Å². The first-order valence-electron chi connectivity index (χ1n) is 6.29. The predicted octanol–water partition coefficient (Wildman–Crippen LogP) is 2.05. The van der Waals surface area contributed by atoms with Crippen molar-refractivity contribution in [1.29, 1.82) is 0 Å². The predicted molar refractivity (Wildman–Crippen MR) is 71.6 cm³/mol. The van der Waals surface area contributed by atoms with Gasteiger partial charge in [0.15, 0.2) is 0 Å². The summed E-state index contributed by atoms with van der Waals surface area (Å²) in [5.74, 6) is 1.19. The molecule has 3 rings (SSSR count). The summed E-state index contributed by atoms with van der Waals surface area (Å²) >= 11 is 0. The number of hydrogen-bond donors (Lipinski definition) is 0. The van der Waals surface area contributed by atoms with Crippen LogP contribution >= 0.6 is 0 Å².